The molecule has 32 heavy (non-hydrogen) atoms. The summed E-state index contributed by atoms with van der Waals surface area (Å²) in [6, 6.07) is 10.1. The van der Waals surface area contributed by atoms with E-state index in [0.717, 1.165) is 47.8 Å². The normalized spacial score (nSPS) is 20.1. The third-order valence-corrected chi connectivity index (χ3v) is 8.27. The van der Waals surface area contributed by atoms with E-state index in [2.05, 4.69) is 81.8 Å². The van der Waals surface area contributed by atoms with Gasteiger partial charge in [0.25, 0.3) is 5.65 Å². The first kappa shape index (κ1) is 21.4. The van der Waals surface area contributed by atoms with Crippen molar-refractivity contribution in [1.82, 2.24) is 9.38 Å². The zero-order valence-electron chi connectivity index (χ0n) is 20.5. The number of pyridine rings is 2. The summed E-state index contributed by atoms with van der Waals surface area (Å²) in [5.74, 6) is -0.221. The number of nitrogens with zero attached hydrogens (tertiary/aromatic N) is 3. The maximum absolute atomic E-state index is 15.4. The van der Waals surface area contributed by atoms with Crippen LogP contribution in [0, 0.1) is 11.2 Å². The van der Waals surface area contributed by atoms with Crippen molar-refractivity contribution in [2.75, 3.05) is 0 Å². The van der Waals surface area contributed by atoms with E-state index in [9.17, 15) is 0 Å². The molecule has 4 heteroatoms. The summed E-state index contributed by atoms with van der Waals surface area (Å²) < 4.78 is 20.2. The Bertz CT molecular complexity index is 1370. The molecule has 3 aromatic heterocycles. The Morgan fingerprint density at radius 2 is 1.75 bits per heavy atom. The number of aromatic nitrogens is 3. The first-order chi connectivity index (χ1) is 15.1. The minimum atomic E-state index is -0.221. The average Bonchev–Trinajstić information content (AvgIpc) is 3.11. The highest BCUT2D eigenvalue weighted by atomic mass is 19.1. The lowest BCUT2D eigenvalue weighted by Crippen LogP contribution is -2.67. The lowest BCUT2D eigenvalue weighted by Gasteiger charge is -2.48. The second-order valence-corrected chi connectivity index (χ2v) is 11.0. The molecular formula is C28H35FN3+. The standard InChI is InChI=1S/C28H35FN3/c1-8-27(7)18-14-15-19(29)23-22(18)25-24(20(30-23)17-26(4,5)6)31-16-12-11-13-21(31)32(25)28(27,9-2)10-3/h11-16H,8-10,17H2,1-7H3/q+1. The third-order valence-electron chi connectivity index (χ3n) is 8.27. The molecule has 3 nitrogen and oxygen atoms in total. The molecule has 0 spiro atoms. The first-order valence-electron chi connectivity index (χ1n) is 12.1. The molecule has 0 fully saturated rings. The maximum Gasteiger partial charge on any atom is 0.287 e. The topological polar surface area (TPSA) is 21.2 Å². The second-order valence-electron chi connectivity index (χ2n) is 11.0. The molecule has 4 aromatic rings. The van der Waals surface area contributed by atoms with Crippen LogP contribution < -0.4 is 4.57 Å². The van der Waals surface area contributed by atoms with Crippen LogP contribution in [0.15, 0.2) is 36.5 Å². The molecule has 0 aliphatic carbocycles. The summed E-state index contributed by atoms with van der Waals surface area (Å²) in [6.45, 7) is 16.0. The number of fused-ring (bicyclic) bond motifs is 3. The predicted octanol–water partition coefficient (Wildman–Crippen LogP) is 6.85. The molecule has 0 radical (unpaired) electrons. The number of hydrogen-bond acceptors (Lipinski definition) is 1. The highest BCUT2D eigenvalue weighted by Crippen LogP contribution is 2.52. The van der Waals surface area contributed by atoms with Crippen molar-refractivity contribution in [3.05, 3.63) is 53.6 Å². The average molecular weight is 433 g/mol. The number of halogens is 1. The molecule has 168 valence electrons. The summed E-state index contributed by atoms with van der Waals surface area (Å²) >= 11 is 0. The Hall–Kier alpha value is -2.49. The van der Waals surface area contributed by atoms with E-state index in [-0.39, 0.29) is 22.2 Å². The van der Waals surface area contributed by atoms with Crippen molar-refractivity contribution in [2.45, 2.75) is 85.1 Å². The SMILES string of the molecule is CCC1(C)c2ccc(F)c3nc(CC(C)(C)C)c4c(c23)[n+](c2ccccn42)C1(CC)CC. The van der Waals surface area contributed by atoms with E-state index in [4.69, 9.17) is 4.98 Å². The van der Waals surface area contributed by atoms with Gasteiger partial charge in [0.15, 0.2) is 5.52 Å². The van der Waals surface area contributed by atoms with Crippen molar-refractivity contribution in [3.63, 3.8) is 0 Å². The van der Waals surface area contributed by atoms with Crippen LogP contribution in [0.1, 0.15) is 79.0 Å². The van der Waals surface area contributed by atoms with Crippen LogP contribution in [-0.2, 0) is 17.4 Å². The molecule has 1 aliphatic heterocycles. The summed E-state index contributed by atoms with van der Waals surface area (Å²) in [7, 11) is 0. The molecule has 0 N–H and O–H groups in total. The van der Waals surface area contributed by atoms with E-state index in [1.807, 2.05) is 6.07 Å². The largest absolute Gasteiger partial charge is 0.287 e. The van der Waals surface area contributed by atoms with E-state index in [1.54, 1.807) is 6.07 Å². The van der Waals surface area contributed by atoms with Crippen LogP contribution in [0.4, 0.5) is 4.39 Å². The van der Waals surface area contributed by atoms with Gasteiger partial charge < -0.3 is 0 Å². The maximum atomic E-state index is 15.4. The quantitative estimate of drug-likeness (QED) is 0.323. The smallest absolute Gasteiger partial charge is 0.245 e. The van der Waals surface area contributed by atoms with Gasteiger partial charge in [-0.15, -0.1) is 0 Å². The van der Waals surface area contributed by atoms with Crippen LogP contribution in [-0.4, -0.2) is 9.38 Å². The summed E-state index contributed by atoms with van der Waals surface area (Å²) in [4.78, 5) is 5.04. The number of hydrogen-bond donors (Lipinski definition) is 0. The minimum absolute atomic E-state index is 0.0418. The van der Waals surface area contributed by atoms with Crippen LogP contribution in [0.25, 0.3) is 27.6 Å². The lowest BCUT2D eigenvalue weighted by atomic mass is 9.60. The van der Waals surface area contributed by atoms with Crippen molar-refractivity contribution in [1.29, 1.82) is 0 Å². The Morgan fingerprint density at radius 3 is 2.38 bits per heavy atom. The van der Waals surface area contributed by atoms with Gasteiger partial charge >= 0.3 is 0 Å². The van der Waals surface area contributed by atoms with Crippen LogP contribution in [0.2, 0.25) is 0 Å². The van der Waals surface area contributed by atoms with Crippen molar-refractivity contribution in [2.24, 2.45) is 5.41 Å². The van der Waals surface area contributed by atoms with Gasteiger partial charge in [-0.2, -0.15) is 4.40 Å². The van der Waals surface area contributed by atoms with Crippen molar-refractivity contribution in [3.8, 4) is 0 Å². The van der Waals surface area contributed by atoms with E-state index >= 15 is 4.39 Å². The third kappa shape index (κ3) is 2.47. The lowest BCUT2D eigenvalue weighted by molar-refractivity contribution is -0.733. The highest BCUT2D eigenvalue weighted by molar-refractivity contribution is 6.05. The fourth-order valence-corrected chi connectivity index (χ4v) is 6.63. The van der Waals surface area contributed by atoms with E-state index in [0.29, 0.717) is 5.52 Å². The molecule has 1 unspecified atom stereocenters. The second kappa shape index (κ2) is 6.76. The van der Waals surface area contributed by atoms with Gasteiger partial charge in [-0.05, 0) is 48.8 Å². The molecule has 1 atom stereocenters. The summed E-state index contributed by atoms with van der Waals surface area (Å²) in [5.41, 5.74) is 6.04. The monoisotopic (exact) mass is 432 g/mol. The molecule has 1 aromatic carbocycles. The van der Waals surface area contributed by atoms with Gasteiger partial charge in [-0.1, -0.05) is 60.6 Å². The van der Waals surface area contributed by atoms with Crippen LogP contribution in [0.3, 0.4) is 0 Å². The van der Waals surface area contributed by atoms with Gasteiger partial charge in [-0.25, -0.2) is 13.9 Å². The van der Waals surface area contributed by atoms with Gasteiger partial charge in [-0.3, -0.25) is 0 Å². The van der Waals surface area contributed by atoms with Gasteiger partial charge in [0.1, 0.15) is 16.9 Å². The van der Waals surface area contributed by atoms with Crippen molar-refractivity contribution < 1.29 is 8.96 Å². The summed E-state index contributed by atoms with van der Waals surface area (Å²) in [5, 5.41) is 1.00. The summed E-state index contributed by atoms with van der Waals surface area (Å²) in [6.07, 6.45) is 5.95. The van der Waals surface area contributed by atoms with Gasteiger partial charge in [0.2, 0.25) is 5.52 Å². The Morgan fingerprint density at radius 1 is 1.03 bits per heavy atom. The zero-order valence-corrected chi connectivity index (χ0v) is 20.5. The van der Waals surface area contributed by atoms with E-state index < -0.39 is 0 Å². The molecule has 5 rings (SSSR count). The molecule has 0 amide bonds. The fraction of sp³-hybridized carbons (Fsp3) is 0.500. The highest BCUT2D eigenvalue weighted by Gasteiger charge is 2.56. The molecule has 4 heterocycles. The van der Waals surface area contributed by atoms with Crippen LogP contribution >= 0.6 is 0 Å². The zero-order chi connectivity index (χ0) is 23.1. The Labute approximate surface area is 190 Å². The Kier molecular flexibility index (Phi) is 4.51. The number of imidazole rings is 1. The molecule has 0 bridgehead atoms. The fourth-order valence-electron chi connectivity index (χ4n) is 6.63. The Balaban J connectivity index is 2.15. The number of benzene rings is 1. The van der Waals surface area contributed by atoms with Gasteiger partial charge in [0.05, 0.1) is 17.3 Å². The molecule has 0 saturated carbocycles. The number of rotatable bonds is 4. The first-order valence-corrected chi connectivity index (χ1v) is 12.1. The van der Waals surface area contributed by atoms with E-state index in [1.165, 1.54) is 11.2 Å². The van der Waals surface area contributed by atoms with Crippen molar-refractivity contribution >= 4 is 27.6 Å². The molecule has 0 saturated heterocycles. The molecule has 1 aliphatic rings. The molecular weight excluding hydrogens is 397 g/mol. The van der Waals surface area contributed by atoms with Gasteiger partial charge in [0, 0.05) is 11.5 Å². The van der Waals surface area contributed by atoms with Crippen LogP contribution in [0.5, 0.6) is 0 Å². The predicted molar refractivity (Wildman–Crippen MR) is 130 cm³/mol. The minimum Gasteiger partial charge on any atom is -0.245 e.